The van der Waals surface area contributed by atoms with E-state index in [1.807, 2.05) is 28.8 Å². The van der Waals surface area contributed by atoms with Crippen LogP contribution in [0.5, 0.6) is 11.6 Å². The van der Waals surface area contributed by atoms with E-state index in [2.05, 4.69) is 4.98 Å². The van der Waals surface area contributed by atoms with Crippen LogP contribution in [0, 0.1) is 0 Å². The van der Waals surface area contributed by atoms with Crippen molar-refractivity contribution in [2.45, 2.75) is 25.3 Å². The minimum atomic E-state index is -4.45. The number of nitrogens with zero attached hydrogens (tertiary/aromatic N) is 2. The summed E-state index contributed by atoms with van der Waals surface area (Å²) < 4.78 is 45.4. The number of aliphatic hydroxyl groups excluding tert-OH is 2. The number of fused-ring (bicyclic) bond motifs is 1. The quantitative estimate of drug-likeness (QED) is 0.456. The zero-order valence-electron chi connectivity index (χ0n) is 16.4. The third-order valence-corrected chi connectivity index (χ3v) is 4.92. The fourth-order valence-electron chi connectivity index (χ4n) is 3.32. The first-order valence-electron chi connectivity index (χ1n) is 9.51. The maximum Gasteiger partial charge on any atom is 0.417 e. The predicted octanol–water partition coefficient (Wildman–Crippen LogP) is 5.25. The highest BCUT2D eigenvalue weighted by Crippen LogP contribution is 2.32. The Morgan fingerprint density at radius 1 is 0.968 bits per heavy atom. The highest BCUT2D eigenvalue weighted by Gasteiger charge is 2.30. The van der Waals surface area contributed by atoms with E-state index in [4.69, 9.17) is 4.74 Å². The molecule has 2 aromatic heterocycles. The van der Waals surface area contributed by atoms with Crippen LogP contribution in [0.3, 0.4) is 0 Å². The standard InChI is InChI=1S/C23H19F3N2O3/c1-14(29)22(30)19-13-28(20-5-3-2-4-18(19)20)16-7-9-17(10-8-16)31-21-11-6-15(12-27-21)23(24,25)26/h2-14,22,29-30H,1H3. The first kappa shape index (κ1) is 20.9. The molecule has 31 heavy (non-hydrogen) atoms. The fourth-order valence-corrected chi connectivity index (χ4v) is 3.32. The molecule has 2 N–H and O–H groups in total. The molecule has 0 aliphatic carbocycles. The number of aromatic nitrogens is 2. The van der Waals surface area contributed by atoms with Crippen LogP contribution in [0.2, 0.25) is 0 Å². The van der Waals surface area contributed by atoms with E-state index in [1.54, 1.807) is 30.5 Å². The SMILES string of the molecule is CC(O)C(O)c1cn(-c2ccc(Oc3ccc(C(F)(F)F)cn3)cc2)c2ccccc12. The molecule has 160 valence electrons. The zero-order valence-corrected chi connectivity index (χ0v) is 16.4. The molecule has 8 heteroatoms. The van der Waals surface area contributed by atoms with Crippen LogP contribution in [0.15, 0.2) is 73.1 Å². The third-order valence-electron chi connectivity index (χ3n) is 4.92. The van der Waals surface area contributed by atoms with Gasteiger partial charge < -0.3 is 19.5 Å². The van der Waals surface area contributed by atoms with Crippen molar-refractivity contribution in [2.24, 2.45) is 0 Å². The van der Waals surface area contributed by atoms with E-state index in [0.717, 1.165) is 28.9 Å². The monoisotopic (exact) mass is 428 g/mol. The third kappa shape index (κ3) is 4.26. The van der Waals surface area contributed by atoms with Gasteiger partial charge in [-0.2, -0.15) is 13.2 Å². The number of benzene rings is 2. The van der Waals surface area contributed by atoms with E-state index in [0.29, 0.717) is 11.3 Å². The summed E-state index contributed by atoms with van der Waals surface area (Å²) in [5, 5.41) is 21.0. The van der Waals surface area contributed by atoms with E-state index in [9.17, 15) is 23.4 Å². The Morgan fingerprint density at radius 2 is 1.68 bits per heavy atom. The Balaban J connectivity index is 1.61. The van der Waals surface area contributed by atoms with Crippen molar-refractivity contribution in [1.29, 1.82) is 0 Å². The summed E-state index contributed by atoms with van der Waals surface area (Å²) in [4.78, 5) is 3.70. The highest BCUT2D eigenvalue weighted by atomic mass is 19.4. The maximum absolute atomic E-state index is 12.6. The van der Waals surface area contributed by atoms with Gasteiger partial charge in [0.2, 0.25) is 5.88 Å². The summed E-state index contributed by atoms with van der Waals surface area (Å²) in [7, 11) is 0. The van der Waals surface area contributed by atoms with E-state index < -0.39 is 23.9 Å². The molecule has 0 saturated carbocycles. The van der Waals surface area contributed by atoms with Gasteiger partial charge in [0.05, 0.1) is 17.2 Å². The van der Waals surface area contributed by atoms with Crippen LogP contribution in [-0.2, 0) is 6.18 Å². The van der Waals surface area contributed by atoms with Crippen molar-refractivity contribution < 1.29 is 28.1 Å². The summed E-state index contributed by atoms with van der Waals surface area (Å²) in [5.74, 6) is 0.464. The molecule has 0 radical (unpaired) electrons. The molecule has 0 amide bonds. The molecule has 2 aromatic carbocycles. The van der Waals surface area contributed by atoms with Crippen molar-refractivity contribution in [3.8, 4) is 17.3 Å². The molecular formula is C23H19F3N2O3. The van der Waals surface area contributed by atoms with E-state index in [-0.39, 0.29) is 5.88 Å². The number of rotatable bonds is 5. The maximum atomic E-state index is 12.6. The number of aliphatic hydroxyl groups is 2. The molecule has 0 aliphatic heterocycles. The number of para-hydroxylation sites is 1. The topological polar surface area (TPSA) is 67.5 Å². The lowest BCUT2D eigenvalue weighted by atomic mass is 10.0. The molecule has 0 bridgehead atoms. The number of halogens is 3. The molecule has 0 fully saturated rings. The van der Waals surface area contributed by atoms with E-state index in [1.165, 1.54) is 13.0 Å². The smallest absolute Gasteiger partial charge is 0.417 e. The predicted molar refractivity (Wildman–Crippen MR) is 109 cm³/mol. The Morgan fingerprint density at radius 3 is 2.29 bits per heavy atom. The number of pyridine rings is 1. The first-order chi connectivity index (χ1) is 14.7. The second kappa shape index (κ2) is 8.05. The molecule has 2 unspecified atom stereocenters. The summed E-state index contributed by atoms with van der Waals surface area (Å²) >= 11 is 0. The van der Waals surface area contributed by atoms with Gasteiger partial charge >= 0.3 is 6.18 Å². The summed E-state index contributed by atoms with van der Waals surface area (Å²) in [6.45, 7) is 1.53. The molecule has 0 aliphatic rings. The van der Waals surface area contributed by atoms with Crippen LogP contribution in [0.4, 0.5) is 13.2 Å². The van der Waals surface area contributed by atoms with Crippen LogP contribution in [0.25, 0.3) is 16.6 Å². The summed E-state index contributed by atoms with van der Waals surface area (Å²) in [6.07, 6.45) is -3.90. The lowest BCUT2D eigenvalue weighted by Crippen LogP contribution is -2.13. The number of ether oxygens (including phenoxy) is 1. The van der Waals surface area contributed by atoms with Crippen LogP contribution < -0.4 is 4.74 Å². The van der Waals surface area contributed by atoms with Gasteiger partial charge in [0.1, 0.15) is 11.9 Å². The average Bonchev–Trinajstić information content (AvgIpc) is 3.13. The van der Waals surface area contributed by atoms with Crippen LogP contribution in [-0.4, -0.2) is 25.9 Å². The fraction of sp³-hybridized carbons (Fsp3) is 0.174. The Labute approximate surface area is 176 Å². The van der Waals surface area contributed by atoms with Crippen molar-refractivity contribution in [3.05, 3.63) is 84.2 Å². The van der Waals surface area contributed by atoms with Gasteiger partial charge in [-0.3, -0.25) is 0 Å². The summed E-state index contributed by atoms with van der Waals surface area (Å²) in [5.41, 5.74) is 1.41. The summed E-state index contributed by atoms with van der Waals surface area (Å²) in [6, 6.07) is 16.5. The Kier molecular flexibility index (Phi) is 5.43. The van der Waals surface area contributed by atoms with Gasteiger partial charge in [-0.15, -0.1) is 0 Å². The van der Waals surface area contributed by atoms with Crippen LogP contribution >= 0.6 is 0 Å². The minimum Gasteiger partial charge on any atom is -0.439 e. The second-order valence-corrected chi connectivity index (χ2v) is 7.14. The average molecular weight is 428 g/mol. The Hall–Kier alpha value is -3.36. The van der Waals surface area contributed by atoms with Gasteiger partial charge in [0.15, 0.2) is 0 Å². The largest absolute Gasteiger partial charge is 0.439 e. The second-order valence-electron chi connectivity index (χ2n) is 7.14. The van der Waals surface area contributed by atoms with E-state index >= 15 is 0 Å². The van der Waals surface area contributed by atoms with Crippen LogP contribution in [0.1, 0.15) is 24.2 Å². The molecular weight excluding hydrogens is 409 g/mol. The molecule has 4 aromatic rings. The molecule has 2 heterocycles. The van der Waals surface area contributed by atoms with Crippen molar-refractivity contribution in [3.63, 3.8) is 0 Å². The van der Waals surface area contributed by atoms with Crippen molar-refractivity contribution in [2.75, 3.05) is 0 Å². The lowest BCUT2D eigenvalue weighted by molar-refractivity contribution is -0.137. The van der Waals surface area contributed by atoms with Gasteiger partial charge in [0.25, 0.3) is 0 Å². The number of alkyl halides is 3. The molecule has 0 saturated heterocycles. The van der Waals surface area contributed by atoms with Gasteiger partial charge in [-0.05, 0) is 43.3 Å². The molecule has 4 rings (SSSR count). The minimum absolute atomic E-state index is 0.0505. The number of hydrogen-bond acceptors (Lipinski definition) is 4. The van der Waals surface area contributed by atoms with Crippen molar-refractivity contribution >= 4 is 10.9 Å². The highest BCUT2D eigenvalue weighted by molar-refractivity contribution is 5.86. The normalized spacial score (nSPS) is 13.9. The molecule has 2 atom stereocenters. The Bertz CT molecular complexity index is 1180. The van der Waals surface area contributed by atoms with Gasteiger partial charge in [-0.25, -0.2) is 4.98 Å². The van der Waals surface area contributed by atoms with Crippen molar-refractivity contribution in [1.82, 2.24) is 9.55 Å². The molecule has 0 spiro atoms. The zero-order chi connectivity index (χ0) is 22.2. The lowest BCUT2D eigenvalue weighted by Gasteiger charge is -2.12. The first-order valence-corrected chi connectivity index (χ1v) is 9.51. The molecule has 5 nitrogen and oxygen atoms in total. The van der Waals surface area contributed by atoms with Gasteiger partial charge in [0, 0.05) is 35.1 Å². The number of hydrogen-bond donors (Lipinski definition) is 2. The van der Waals surface area contributed by atoms with Gasteiger partial charge in [-0.1, -0.05) is 18.2 Å².